The summed E-state index contributed by atoms with van der Waals surface area (Å²) >= 11 is 11.9. The third-order valence-corrected chi connectivity index (χ3v) is 3.44. The molecule has 1 atom stereocenters. The van der Waals surface area contributed by atoms with E-state index < -0.39 is 0 Å². The van der Waals surface area contributed by atoms with E-state index in [1.807, 2.05) is 36.4 Å². The van der Waals surface area contributed by atoms with E-state index >= 15 is 0 Å². The minimum atomic E-state index is 0.387. The molecule has 1 unspecified atom stereocenters. The zero-order chi connectivity index (χ0) is 13.7. The van der Waals surface area contributed by atoms with Gasteiger partial charge in [0.15, 0.2) is 0 Å². The van der Waals surface area contributed by atoms with Crippen LogP contribution in [0.5, 0.6) is 0 Å². The third kappa shape index (κ3) is 4.87. The van der Waals surface area contributed by atoms with Crippen LogP contribution in [0.3, 0.4) is 0 Å². The van der Waals surface area contributed by atoms with Gasteiger partial charge in [0, 0.05) is 22.6 Å². The van der Waals surface area contributed by atoms with Crippen LogP contribution >= 0.6 is 23.2 Å². The van der Waals surface area contributed by atoms with Crippen molar-refractivity contribution >= 4 is 23.2 Å². The summed E-state index contributed by atoms with van der Waals surface area (Å²) < 4.78 is 0. The summed E-state index contributed by atoms with van der Waals surface area (Å²) in [5, 5.41) is 5.06. The summed E-state index contributed by atoms with van der Waals surface area (Å²) in [6.45, 7) is 2.99. The standard InChI is InChI=1S/C16H17Cl2N/c1-12(8-13-4-2-6-15(17)9-13)19-11-14-5-3-7-16(18)10-14/h2-7,9-10,12,19H,8,11H2,1H3. The van der Waals surface area contributed by atoms with Crippen LogP contribution in [0, 0.1) is 0 Å². The molecular formula is C16H17Cl2N. The van der Waals surface area contributed by atoms with Gasteiger partial charge in [-0.1, -0.05) is 47.5 Å². The summed E-state index contributed by atoms with van der Waals surface area (Å²) in [5.41, 5.74) is 2.45. The Kier molecular flexibility index (Phi) is 5.26. The molecule has 0 aliphatic carbocycles. The molecule has 19 heavy (non-hydrogen) atoms. The molecule has 2 aromatic rings. The summed E-state index contributed by atoms with van der Waals surface area (Å²) in [7, 11) is 0. The molecule has 0 spiro atoms. The van der Waals surface area contributed by atoms with Gasteiger partial charge < -0.3 is 5.32 Å². The summed E-state index contributed by atoms with van der Waals surface area (Å²) in [5.74, 6) is 0. The highest BCUT2D eigenvalue weighted by Crippen LogP contribution is 2.13. The molecular weight excluding hydrogens is 277 g/mol. The van der Waals surface area contributed by atoms with Crippen molar-refractivity contribution in [2.24, 2.45) is 0 Å². The average Bonchev–Trinajstić information content (AvgIpc) is 2.36. The summed E-state index contributed by atoms with van der Waals surface area (Å²) in [4.78, 5) is 0. The van der Waals surface area contributed by atoms with Crippen LogP contribution in [0.1, 0.15) is 18.1 Å². The van der Waals surface area contributed by atoms with Gasteiger partial charge in [0.1, 0.15) is 0 Å². The van der Waals surface area contributed by atoms with Crippen molar-refractivity contribution in [1.29, 1.82) is 0 Å². The molecule has 0 saturated heterocycles. The number of nitrogens with one attached hydrogen (secondary N) is 1. The van der Waals surface area contributed by atoms with Gasteiger partial charge in [0.2, 0.25) is 0 Å². The molecule has 0 aliphatic heterocycles. The van der Waals surface area contributed by atoms with Crippen LogP contribution in [0.2, 0.25) is 10.0 Å². The minimum absolute atomic E-state index is 0.387. The van der Waals surface area contributed by atoms with Crippen LogP contribution in [0.15, 0.2) is 48.5 Å². The molecule has 0 radical (unpaired) electrons. The molecule has 2 aromatic carbocycles. The Morgan fingerprint density at radius 2 is 1.53 bits per heavy atom. The smallest absolute Gasteiger partial charge is 0.0409 e. The molecule has 0 saturated carbocycles. The van der Waals surface area contributed by atoms with Gasteiger partial charge in [-0.15, -0.1) is 0 Å². The molecule has 0 amide bonds. The Bertz CT molecular complexity index is 540. The Morgan fingerprint density at radius 1 is 0.947 bits per heavy atom. The van der Waals surface area contributed by atoms with E-state index in [0.717, 1.165) is 23.0 Å². The molecule has 0 bridgehead atoms. The number of halogens is 2. The first-order chi connectivity index (χ1) is 9.13. The zero-order valence-corrected chi connectivity index (χ0v) is 12.4. The Morgan fingerprint density at radius 3 is 2.16 bits per heavy atom. The van der Waals surface area contributed by atoms with E-state index in [1.165, 1.54) is 11.1 Å². The normalized spacial score (nSPS) is 12.4. The van der Waals surface area contributed by atoms with E-state index in [9.17, 15) is 0 Å². The minimum Gasteiger partial charge on any atom is -0.310 e. The van der Waals surface area contributed by atoms with E-state index in [4.69, 9.17) is 23.2 Å². The molecule has 1 nitrogen and oxygen atoms in total. The van der Waals surface area contributed by atoms with Crippen LogP contribution < -0.4 is 5.32 Å². The number of hydrogen-bond acceptors (Lipinski definition) is 1. The van der Waals surface area contributed by atoms with Crippen molar-refractivity contribution in [3.8, 4) is 0 Å². The molecule has 1 N–H and O–H groups in total. The van der Waals surface area contributed by atoms with E-state index in [1.54, 1.807) is 0 Å². The fourth-order valence-corrected chi connectivity index (χ4v) is 2.45. The first-order valence-corrected chi connectivity index (χ1v) is 7.11. The van der Waals surface area contributed by atoms with Gasteiger partial charge in [-0.05, 0) is 48.7 Å². The monoisotopic (exact) mass is 293 g/mol. The highest BCUT2D eigenvalue weighted by atomic mass is 35.5. The number of hydrogen-bond donors (Lipinski definition) is 1. The average molecular weight is 294 g/mol. The fourth-order valence-electron chi connectivity index (χ4n) is 2.03. The SMILES string of the molecule is CC(Cc1cccc(Cl)c1)NCc1cccc(Cl)c1. The molecule has 100 valence electrons. The second-order valence-electron chi connectivity index (χ2n) is 4.75. The lowest BCUT2D eigenvalue weighted by molar-refractivity contribution is 0.545. The van der Waals surface area contributed by atoms with Gasteiger partial charge in [0.05, 0.1) is 0 Å². The fraction of sp³-hybridized carbons (Fsp3) is 0.250. The Labute approximate surface area is 124 Å². The van der Waals surface area contributed by atoms with Gasteiger partial charge >= 0.3 is 0 Å². The zero-order valence-electron chi connectivity index (χ0n) is 10.9. The summed E-state index contributed by atoms with van der Waals surface area (Å²) in [6.07, 6.45) is 0.959. The molecule has 0 fully saturated rings. The highest BCUT2D eigenvalue weighted by Gasteiger charge is 2.04. The maximum Gasteiger partial charge on any atom is 0.0409 e. The summed E-state index contributed by atoms with van der Waals surface area (Å²) in [6, 6.07) is 16.3. The lowest BCUT2D eigenvalue weighted by Crippen LogP contribution is -2.27. The largest absolute Gasteiger partial charge is 0.310 e. The molecule has 0 aliphatic rings. The maximum atomic E-state index is 5.98. The van der Waals surface area contributed by atoms with E-state index in [-0.39, 0.29) is 0 Å². The maximum absolute atomic E-state index is 5.98. The number of benzene rings is 2. The molecule has 2 rings (SSSR count). The topological polar surface area (TPSA) is 12.0 Å². The van der Waals surface area contributed by atoms with Gasteiger partial charge in [-0.2, -0.15) is 0 Å². The lowest BCUT2D eigenvalue weighted by atomic mass is 10.1. The van der Waals surface area contributed by atoms with Crippen molar-refractivity contribution in [3.63, 3.8) is 0 Å². The second-order valence-corrected chi connectivity index (χ2v) is 5.62. The lowest BCUT2D eigenvalue weighted by Gasteiger charge is -2.14. The highest BCUT2D eigenvalue weighted by molar-refractivity contribution is 6.30. The van der Waals surface area contributed by atoms with Crippen LogP contribution in [-0.4, -0.2) is 6.04 Å². The van der Waals surface area contributed by atoms with Gasteiger partial charge in [-0.25, -0.2) is 0 Å². The van der Waals surface area contributed by atoms with E-state index in [2.05, 4.69) is 24.4 Å². The molecule has 3 heteroatoms. The van der Waals surface area contributed by atoms with Crippen LogP contribution in [0.25, 0.3) is 0 Å². The van der Waals surface area contributed by atoms with Crippen molar-refractivity contribution in [2.45, 2.75) is 25.9 Å². The predicted molar refractivity (Wildman–Crippen MR) is 82.9 cm³/mol. The van der Waals surface area contributed by atoms with E-state index in [0.29, 0.717) is 6.04 Å². The second kappa shape index (κ2) is 6.95. The first-order valence-electron chi connectivity index (χ1n) is 6.36. The first kappa shape index (κ1) is 14.4. The number of rotatable bonds is 5. The van der Waals surface area contributed by atoms with Crippen LogP contribution in [0.4, 0.5) is 0 Å². The molecule has 0 aromatic heterocycles. The predicted octanol–water partition coefficient (Wildman–Crippen LogP) is 4.71. The Balaban J connectivity index is 1.86. The van der Waals surface area contributed by atoms with Gasteiger partial charge in [-0.3, -0.25) is 0 Å². The van der Waals surface area contributed by atoms with Crippen LogP contribution in [-0.2, 0) is 13.0 Å². The van der Waals surface area contributed by atoms with Crippen molar-refractivity contribution in [2.75, 3.05) is 0 Å². The third-order valence-electron chi connectivity index (χ3n) is 2.97. The quantitative estimate of drug-likeness (QED) is 0.841. The van der Waals surface area contributed by atoms with Gasteiger partial charge in [0.25, 0.3) is 0 Å². The van der Waals surface area contributed by atoms with Crippen molar-refractivity contribution in [1.82, 2.24) is 5.32 Å². The molecule has 0 heterocycles. The Hall–Kier alpha value is -1.02. The van der Waals surface area contributed by atoms with Crippen molar-refractivity contribution < 1.29 is 0 Å². The van der Waals surface area contributed by atoms with Crippen molar-refractivity contribution in [3.05, 3.63) is 69.7 Å².